The molecule has 0 aliphatic rings. The van der Waals surface area contributed by atoms with Gasteiger partial charge in [0.05, 0.1) is 19.3 Å². The number of carbonyl (C=O) groups is 1. The minimum absolute atomic E-state index is 0.140. The Bertz CT molecular complexity index is 541. The van der Waals surface area contributed by atoms with Gasteiger partial charge in [0.15, 0.2) is 5.03 Å². The highest BCUT2D eigenvalue weighted by Crippen LogP contribution is 2.12. The van der Waals surface area contributed by atoms with Gasteiger partial charge < -0.3 is 4.74 Å². The smallest absolute Gasteiger partial charge is 0.342 e. The van der Waals surface area contributed by atoms with Crippen LogP contribution in [0.2, 0.25) is 0 Å². The molecule has 17 heavy (non-hydrogen) atoms. The van der Waals surface area contributed by atoms with Gasteiger partial charge in [-0.2, -0.15) is 9.82 Å². The molecule has 0 saturated heterocycles. The van der Waals surface area contributed by atoms with Gasteiger partial charge in [-0.25, -0.2) is 13.2 Å². The molecule has 0 atom stereocenters. The lowest BCUT2D eigenvalue weighted by Gasteiger charge is -2.04. The second kappa shape index (κ2) is 5.47. The third-order valence-corrected chi connectivity index (χ3v) is 3.11. The number of hydrogen-bond donors (Lipinski definition) is 2. The summed E-state index contributed by atoms with van der Waals surface area (Å²) in [5.74, 6) is 1.36. The largest absolute Gasteiger partial charge is 0.462 e. The first kappa shape index (κ1) is 13.2. The normalized spacial score (nSPS) is 10.8. The van der Waals surface area contributed by atoms with Crippen LogP contribution < -0.4 is 4.72 Å². The molecular formula is C9H11N3O4S. The van der Waals surface area contributed by atoms with Gasteiger partial charge >= 0.3 is 5.97 Å². The number of terminal acetylenes is 1. The summed E-state index contributed by atoms with van der Waals surface area (Å²) < 4.78 is 30.2. The number of carbonyl (C=O) groups excluding carboxylic acids is 1. The third kappa shape index (κ3) is 3.05. The molecule has 1 rings (SSSR count). The molecule has 0 bridgehead atoms. The fraction of sp³-hybridized carbons (Fsp3) is 0.333. The van der Waals surface area contributed by atoms with Crippen LogP contribution in [0.3, 0.4) is 0 Å². The molecule has 0 aromatic carbocycles. The summed E-state index contributed by atoms with van der Waals surface area (Å²) in [5, 5.41) is 5.37. The third-order valence-electron chi connectivity index (χ3n) is 1.73. The molecule has 8 heteroatoms. The summed E-state index contributed by atoms with van der Waals surface area (Å²) in [5.41, 5.74) is -0.156. The quantitative estimate of drug-likeness (QED) is 0.547. The number of aromatic amines is 1. The van der Waals surface area contributed by atoms with E-state index < -0.39 is 16.0 Å². The molecule has 1 heterocycles. The van der Waals surface area contributed by atoms with Gasteiger partial charge in [-0.15, -0.1) is 6.42 Å². The van der Waals surface area contributed by atoms with Crippen molar-refractivity contribution in [3.05, 3.63) is 11.8 Å². The Morgan fingerprint density at radius 2 is 2.41 bits per heavy atom. The number of sulfonamides is 1. The maximum atomic E-state index is 11.7. The van der Waals surface area contributed by atoms with E-state index in [1.165, 1.54) is 0 Å². The highest BCUT2D eigenvalue weighted by Gasteiger charge is 2.25. The van der Waals surface area contributed by atoms with Crippen LogP contribution in [0.1, 0.15) is 17.3 Å². The van der Waals surface area contributed by atoms with Gasteiger partial charge in [0.1, 0.15) is 5.56 Å². The molecule has 0 unspecified atom stereocenters. The Morgan fingerprint density at radius 1 is 1.71 bits per heavy atom. The lowest BCUT2D eigenvalue weighted by atomic mass is 10.4. The monoisotopic (exact) mass is 257 g/mol. The predicted molar refractivity (Wildman–Crippen MR) is 58.6 cm³/mol. The topological polar surface area (TPSA) is 101 Å². The first-order valence-electron chi connectivity index (χ1n) is 4.66. The Hall–Kier alpha value is -1.85. The minimum atomic E-state index is -3.88. The minimum Gasteiger partial charge on any atom is -0.462 e. The predicted octanol–water partition coefficient (Wildman–Crippen LogP) is -0.502. The zero-order chi connectivity index (χ0) is 12.9. The highest BCUT2D eigenvalue weighted by atomic mass is 32.2. The molecule has 0 fully saturated rings. The van der Waals surface area contributed by atoms with Crippen molar-refractivity contribution in [1.29, 1.82) is 0 Å². The van der Waals surface area contributed by atoms with Crippen LogP contribution in [0.15, 0.2) is 11.2 Å². The van der Waals surface area contributed by atoms with Crippen molar-refractivity contribution >= 4 is 16.0 Å². The maximum absolute atomic E-state index is 11.7. The summed E-state index contributed by atoms with van der Waals surface area (Å²) >= 11 is 0. The molecule has 0 aliphatic heterocycles. The van der Waals surface area contributed by atoms with Crippen molar-refractivity contribution in [2.75, 3.05) is 13.2 Å². The molecule has 0 saturated carbocycles. The van der Waals surface area contributed by atoms with E-state index in [0.29, 0.717) is 0 Å². The zero-order valence-corrected chi connectivity index (χ0v) is 9.87. The van der Waals surface area contributed by atoms with Crippen LogP contribution in [-0.4, -0.2) is 37.7 Å². The number of H-pyrrole nitrogens is 1. The Kier molecular flexibility index (Phi) is 4.25. The first-order chi connectivity index (χ1) is 8.03. The van der Waals surface area contributed by atoms with E-state index in [1.807, 2.05) is 0 Å². The van der Waals surface area contributed by atoms with Crippen molar-refractivity contribution in [3.63, 3.8) is 0 Å². The molecule has 0 aliphatic carbocycles. The van der Waals surface area contributed by atoms with Gasteiger partial charge in [0.2, 0.25) is 0 Å². The van der Waals surface area contributed by atoms with Gasteiger partial charge in [-0.05, 0) is 6.92 Å². The molecule has 0 spiro atoms. The Morgan fingerprint density at radius 3 is 3.00 bits per heavy atom. The molecule has 0 radical (unpaired) electrons. The Labute approximate surface area is 98.6 Å². The standard InChI is InChI=1S/C9H11N3O4S/c1-3-5-11-17(14,15)8-7(6-10-12-8)9(13)16-4-2/h1,6,11H,4-5H2,2H3,(H,10,12). The SMILES string of the molecule is C#CCNS(=O)(=O)c1[nH]ncc1C(=O)OCC. The van der Waals surface area contributed by atoms with Crippen molar-refractivity contribution in [3.8, 4) is 12.3 Å². The van der Waals surface area contributed by atoms with E-state index in [9.17, 15) is 13.2 Å². The molecule has 1 aromatic rings. The average molecular weight is 257 g/mol. The van der Waals surface area contributed by atoms with Crippen LogP contribution in [-0.2, 0) is 14.8 Å². The maximum Gasteiger partial charge on any atom is 0.342 e. The summed E-state index contributed by atoms with van der Waals surface area (Å²) in [7, 11) is -3.88. The summed E-state index contributed by atoms with van der Waals surface area (Å²) in [6.45, 7) is 1.58. The molecular weight excluding hydrogens is 246 g/mol. The van der Waals surface area contributed by atoms with E-state index in [0.717, 1.165) is 6.20 Å². The molecule has 7 nitrogen and oxygen atoms in total. The van der Waals surface area contributed by atoms with Gasteiger partial charge in [-0.1, -0.05) is 5.92 Å². The number of rotatable bonds is 5. The average Bonchev–Trinajstić information content (AvgIpc) is 2.76. The van der Waals surface area contributed by atoms with Gasteiger partial charge in [-0.3, -0.25) is 5.10 Å². The second-order valence-corrected chi connectivity index (χ2v) is 4.57. The van der Waals surface area contributed by atoms with E-state index in [4.69, 9.17) is 11.2 Å². The van der Waals surface area contributed by atoms with Crippen molar-refractivity contribution in [2.24, 2.45) is 0 Å². The highest BCUT2D eigenvalue weighted by molar-refractivity contribution is 7.89. The fourth-order valence-electron chi connectivity index (χ4n) is 1.04. The van der Waals surface area contributed by atoms with E-state index in [-0.39, 0.29) is 23.7 Å². The fourth-order valence-corrected chi connectivity index (χ4v) is 2.06. The first-order valence-corrected chi connectivity index (χ1v) is 6.15. The molecule has 92 valence electrons. The van der Waals surface area contributed by atoms with E-state index in [1.54, 1.807) is 6.92 Å². The number of aromatic nitrogens is 2. The van der Waals surface area contributed by atoms with Crippen LogP contribution in [0.4, 0.5) is 0 Å². The van der Waals surface area contributed by atoms with Crippen LogP contribution in [0.25, 0.3) is 0 Å². The van der Waals surface area contributed by atoms with Crippen LogP contribution >= 0.6 is 0 Å². The van der Waals surface area contributed by atoms with E-state index >= 15 is 0 Å². The number of hydrogen-bond acceptors (Lipinski definition) is 5. The number of ether oxygens (including phenoxy) is 1. The number of nitrogens with zero attached hydrogens (tertiary/aromatic N) is 1. The zero-order valence-electron chi connectivity index (χ0n) is 9.06. The summed E-state index contributed by atoms with van der Waals surface area (Å²) in [6.07, 6.45) is 6.03. The van der Waals surface area contributed by atoms with Crippen molar-refractivity contribution < 1.29 is 17.9 Å². The number of nitrogens with one attached hydrogen (secondary N) is 2. The summed E-state index contributed by atoms with van der Waals surface area (Å²) in [4.78, 5) is 11.4. The Balaban J connectivity index is 3.04. The number of esters is 1. The van der Waals surface area contributed by atoms with Crippen molar-refractivity contribution in [1.82, 2.24) is 14.9 Å². The lowest BCUT2D eigenvalue weighted by Crippen LogP contribution is -2.26. The van der Waals surface area contributed by atoms with Crippen LogP contribution in [0, 0.1) is 12.3 Å². The molecule has 1 aromatic heterocycles. The lowest BCUT2D eigenvalue weighted by molar-refractivity contribution is 0.0522. The van der Waals surface area contributed by atoms with Crippen molar-refractivity contribution in [2.45, 2.75) is 11.9 Å². The van der Waals surface area contributed by atoms with Gasteiger partial charge in [0, 0.05) is 0 Å². The second-order valence-electron chi connectivity index (χ2n) is 2.86. The van der Waals surface area contributed by atoms with Gasteiger partial charge in [0.25, 0.3) is 10.0 Å². The summed E-state index contributed by atoms with van der Waals surface area (Å²) in [6, 6.07) is 0. The van der Waals surface area contributed by atoms with E-state index in [2.05, 4.69) is 20.8 Å². The molecule has 0 amide bonds. The van der Waals surface area contributed by atoms with Crippen LogP contribution in [0.5, 0.6) is 0 Å². The molecule has 2 N–H and O–H groups in total.